The number of amides is 2. The van der Waals surface area contributed by atoms with Crippen molar-refractivity contribution in [2.75, 3.05) is 5.32 Å². The number of thiophene rings is 1. The van der Waals surface area contributed by atoms with E-state index >= 15 is 0 Å². The van der Waals surface area contributed by atoms with Gasteiger partial charge in [-0.1, -0.05) is 6.07 Å². The number of carbonyl (C=O) groups is 2. The van der Waals surface area contributed by atoms with E-state index in [1.54, 1.807) is 24.4 Å². The highest BCUT2D eigenvalue weighted by Crippen LogP contribution is 2.13. The molecule has 10 heteroatoms. The molecule has 0 spiro atoms. The van der Waals surface area contributed by atoms with Gasteiger partial charge in [0.05, 0.1) is 11.4 Å². The predicted molar refractivity (Wildman–Crippen MR) is 79.0 cm³/mol. The van der Waals surface area contributed by atoms with Gasteiger partial charge in [0.2, 0.25) is 11.8 Å². The second-order valence-electron chi connectivity index (χ2n) is 4.37. The van der Waals surface area contributed by atoms with Crippen molar-refractivity contribution < 1.29 is 18.4 Å². The lowest BCUT2D eigenvalue weighted by Gasteiger charge is -1.98. The first-order valence-corrected chi connectivity index (χ1v) is 7.37. The maximum absolute atomic E-state index is 11.9. The summed E-state index contributed by atoms with van der Waals surface area (Å²) in [5.74, 6) is -0.142. The van der Waals surface area contributed by atoms with Crippen LogP contribution in [-0.2, 0) is 6.54 Å². The fraction of sp³-hybridized carbons (Fsp3) is 0.154. The van der Waals surface area contributed by atoms with Gasteiger partial charge in [0.25, 0.3) is 11.8 Å². The third kappa shape index (κ3) is 3.61. The van der Waals surface area contributed by atoms with E-state index in [0.717, 1.165) is 6.26 Å². The molecule has 0 saturated heterocycles. The molecule has 0 saturated carbocycles. The van der Waals surface area contributed by atoms with E-state index in [-0.39, 0.29) is 30.1 Å². The number of hydrogen-bond donors (Lipinski definition) is 2. The summed E-state index contributed by atoms with van der Waals surface area (Å²) in [5, 5.41) is 14.2. The summed E-state index contributed by atoms with van der Waals surface area (Å²) >= 11 is 1.29. The normalized spacial score (nSPS) is 10.5. The Morgan fingerprint density at radius 2 is 2.17 bits per heavy atom. The number of rotatable bonds is 5. The minimum atomic E-state index is -0.485. The second kappa shape index (κ2) is 6.40. The standard InChI is InChI=1S/C13H11N5O4S/c1-7-17-18-10(22-7)5-14-11(19)8-6-21-13(15-8)16-12(20)9-3-2-4-23-9/h2-4,6H,5H2,1H3,(H,14,19)(H,15,16,20). The van der Waals surface area contributed by atoms with Crippen molar-refractivity contribution >= 4 is 29.2 Å². The fourth-order valence-electron chi connectivity index (χ4n) is 1.66. The molecule has 0 unspecified atom stereocenters. The summed E-state index contributed by atoms with van der Waals surface area (Å²) in [6.45, 7) is 1.72. The number of nitrogens with zero attached hydrogens (tertiary/aromatic N) is 3. The monoisotopic (exact) mass is 333 g/mol. The highest BCUT2D eigenvalue weighted by Gasteiger charge is 2.15. The van der Waals surface area contributed by atoms with E-state index in [2.05, 4.69) is 25.8 Å². The predicted octanol–water partition coefficient (Wildman–Crippen LogP) is 1.61. The van der Waals surface area contributed by atoms with Crippen molar-refractivity contribution in [2.45, 2.75) is 13.5 Å². The van der Waals surface area contributed by atoms with Gasteiger partial charge in [0.1, 0.15) is 6.26 Å². The van der Waals surface area contributed by atoms with Crippen LogP contribution in [0.1, 0.15) is 31.9 Å². The maximum atomic E-state index is 11.9. The Balaban J connectivity index is 1.57. The van der Waals surface area contributed by atoms with Gasteiger partial charge < -0.3 is 14.2 Å². The summed E-state index contributed by atoms with van der Waals surface area (Å²) < 4.78 is 10.2. The smallest absolute Gasteiger partial charge is 0.302 e. The molecule has 0 aliphatic heterocycles. The van der Waals surface area contributed by atoms with Crippen LogP contribution >= 0.6 is 11.3 Å². The molecule has 0 atom stereocenters. The number of aromatic nitrogens is 3. The van der Waals surface area contributed by atoms with Crippen molar-refractivity contribution in [1.82, 2.24) is 20.5 Å². The van der Waals surface area contributed by atoms with Crippen LogP contribution in [0.15, 0.2) is 32.6 Å². The number of hydrogen-bond acceptors (Lipinski definition) is 8. The molecule has 9 nitrogen and oxygen atoms in total. The molecule has 3 aromatic heterocycles. The zero-order valence-electron chi connectivity index (χ0n) is 11.9. The van der Waals surface area contributed by atoms with E-state index in [0.29, 0.717) is 10.8 Å². The van der Waals surface area contributed by atoms with Crippen molar-refractivity contribution in [3.8, 4) is 0 Å². The van der Waals surface area contributed by atoms with Crippen LogP contribution < -0.4 is 10.6 Å². The molecule has 3 heterocycles. The number of anilines is 1. The van der Waals surface area contributed by atoms with Gasteiger partial charge >= 0.3 is 6.01 Å². The highest BCUT2D eigenvalue weighted by molar-refractivity contribution is 7.12. The maximum Gasteiger partial charge on any atom is 0.302 e. The first-order chi connectivity index (χ1) is 11.1. The van der Waals surface area contributed by atoms with Gasteiger partial charge in [0, 0.05) is 6.92 Å². The SMILES string of the molecule is Cc1nnc(CNC(=O)c2coc(NC(=O)c3cccs3)n2)o1. The second-order valence-corrected chi connectivity index (χ2v) is 5.31. The zero-order valence-corrected chi connectivity index (χ0v) is 12.7. The van der Waals surface area contributed by atoms with Crippen LogP contribution in [0.25, 0.3) is 0 Å². The molecule has 3 aromatic rings. The molecule has 0 fully saturated rings. The van der Waals surface area contributed by atoms with Gasteiger partial charge in [-0.05, 0) is 11.4 Å². The Morgan fingerprint density at radius 3 is 2.87 bits per heavy atom. The molecule has 0 radical (unpaired) electrons. The lowest BCUT2D eigenvalue weighted by Crippen LogP contribution is -2.23. The van der Waals surface area contributed by atoms with E-state index in [1.165, 1.54) is 11.3 Å². The first-order valence-electron chi connectivity index (χ1n) is 6.49. The van der Waals surface area contributed by atoms with Gasteiger partial charge in [-0.2, -0.15) is 4.98 Å². The van der Waals surface area contributed by atoms with Crippen molar-refractivity contribution in [2.24, 2.45) is 0 Å². The Hall–Kier alpha value is -3.01. The molecule has 3 rings (SSSR count). The van der Waals surface area contributed by atoms with Gasteiger partial charge in [-0.25, -0.2) is 0 Å². The van der Waals surface area contributed by atoms with Crippen LogP contribution in [0.4, 0.5) is 6.01 Å². The molecule has 118 valence electrons. The van der Waals surface area contributed by atoms with E-state index < -0.39 is 5.91 Å². The lowest BCUT2D eigenvalue weighted by molar-refractivity contribution is 0.0941. The minimum Gasteiger partial charge on any atom is -0.431 e. The molecule has 0 aliphatic carbocycles. The topological polar surface area (TPSA) is 123 Å². The molecule has 2 N–H and O–H groups in total. The number of carbonyl (C=O) groups excluding carboxylic acids is 2. The first kappa shape index (κ1) is 14.9. The third-order valence-electron chi connectivity index (χ3n) is 2.67. The van der Waals surface area contributed by atoms with Crippen molar-refractivity contribution in [1.29, 1.82) is 0 Å². The van der Waals surface area contributed by atoms with E-state index in [4.69, 9.17) is 8.83 Å². The lowest BCUT2D eigenvalue weighted by atomic mass is 10.4. The number of aryl methyl sites for hydroxylation is 1. The number of nitrogens with one attached hydrogen (secondary N) is 2. The molecule has 0 aliphatic rings. The van der Waals surface area contributed by atoms with Gasteiger partial charge in [-0.3, -0.25) is 14.9 Å². The minimum absolute atomic E-state index is 0.0303. The molecule has 23 heavy (non-hydrogen) atoms. The fourth-order valence-corrected chi connectivity index (χ4v) is 2.28. The van der Waals surface area contributed by atoms with Gasteiger partial charge in [0.15, 0.2) is 5.69 Å². The van der Waals surface area contributed by atoms with Crippen molar-refractivity contribution in [3.05, 3.63) is 46.1 Å². The largest absolute Gasteiger partial charge is 0.431 e. The average Bonchev–Trinajstić information content (AvgIpc) is 3.26. The summed E-state index contributed by atoms with van der Waals surface area (Å²) in [6.07, 6.45) is 1.15. The summed E-state index contributed by atoms with van der Waals surface area (Å²) in [5.41, 5.74) is 0.0303. The van der Waals surface area contributed by atoms with E-state index in [1.807, 2.05) is 0 Å². The van der Waals surface area contributed by atoms with Crippen LogP contribution in [0, 0.1) is 6.92 Å². The highest BCUT2D eigenvalue weighted by atomic mass is 32.1. The van der Waals surface area contributed by atoms with Crippen molar-refractivity contribution in [3.63, 3.8) is 0 Å². The van der Waals surface area contributed by atoms with Crippen LogP contribution in [0.2, 0.25) is 0 Å². The van der Waals surface area contributed by atoms with Crippen LogP contribution in [-0.4, -0.2) is 27.0 Å². The molecular formula is C13H11N5O4S. The zero-order chi connectivity index (χ0) is 16.2. The Morgan fingerprint density at radius 1 is 1.30 bits per heavy atom. The number of oxazole rings is 1. The molecule has 0 bridgehead atoms. The average molecular weight is 333 g/mol. The van der Waals surface area contributed by atoms with E-state index in [9.17, 15) is 9.59 Å². The third-order valence-corrected chi connectivity index (χ3v) is 3.54. The quantitative estimate of drug-likeness (QED) is 0.727. The summed E-state index contributed by atoms with van der Waals surface area (Å²) in [7, 11) is 0. The van der Waals surface area contributed by atoms with Crippen LogP contribution in [0.3, 0.4) is 0 Å². The molecular weight excluding hydrogens is 322 g/mol. The molecule has 0 aromatic carbocycles. The summed E-state index contributed by atoms with van der Waals surface area (Å²) in [4.78, 5) is 28.2. The van der Waals surface area contributed by atoms with Gasteiger partial charge in [-0.15, -0.1) is 21.5 Å². The summed E-state index contributed by atoms with van der Waals surface area (Å²) in [6, 6.07) is 3.37. The Bertz CT molecular complexity index is 823. The van der Waals surface area contributed by atoms with Crippen LogP contribution in [0.5, 0.6) is 0 Å². The molecule has 2 amide bonds. The Kier molecular flexibility index (Phi) is 4.15. The Labute approximate surface area is 133 Å².